The number of hydrogen-bond donors (Lipinski definition) is 0. The van der Waals surface area contributed by atoms with E-state index in [9.17, 15) is 14.4 Å². The lowest BCUT2D eigenvalue weighted by Gasteiger charge is -2.35. The van der Waals surface area contributed by atoms with Gasteiger partial charge in [-0.3, -0.25) is 9.59 Å². The fraction of sp³-hybridized carbons (Fsp3) is 0.667. The van der Waals surface area contributed by atoms with Gasteiger partial charge in [-0.05, 0) is 52.5 Å². The van der Waals surface area contributed by atoms with E-state index in [0.717, 1.165) is 31.4 Å². The molecule has 1 fully saturated rings. The molecule has 0 aliphatic heterocycles. The van der Waals surface area contributed by atoms with Crippen LogP contribution < -0.4 is 0 Å². The van der Waals surface area contributed by atoms with Crippen LogP contribution >= 0.6 is 0 Å². The highest BCUT2D eigenvalue weighted by Crippen LogP contribution is 2.30. The molecule has 27 heavy (non-hydrogen) atoms. The molecule has 1 aliphatic rings. The summed E-state index contributed by atoms with van der Waals surface area (Å²) < 4.78 is 6.73. The van der Waals surface area contributed by atoms with Crippen molar-refractivity contribution < 1.29 is 19.1 Å². The molecule has 0 saturated heterocycles. The summed E-state index contributed by atoms with van der Waals surface area (Å²) in [5, 5.41) is 0. The molecule has 0 spiro atoms. The van der Waals surface area contributed by atoms with E-state index in [1.54, 1.807) is 18.7 Å². The van der Waals surface area contributed by atoms with Crippen molar-refractivity contribution in [1.29, 1.82) is 0 Å². The molecule has 1 aromatic heterocycles. The SMILES string of the molecule is CCCN(C(=O)C1CCC1)C(C)C(=O)c1c(C)c(C(=O)OC)n(CC)c1C. The maximum Gasteiger partial charge on any atom is 0.354 e. The number of carbonyl (C=O) groups is 3. The zero-order valence-corrected chi connectivity index (χ0v) is 17.4. The maximum absolute atomic E-state index is 13.4. The lowest BCUT2D eigenvalue weighted by atomic mass is 9.83. The highest BCUT2D eigenvalue weighted by atomic mass is 16.5. The molecule has 1 unspecified atom stereocenters. The van der Waals surface area contributed by atoms with Crippen molar-refractivity contribution >= 4 is 17.7 Å². The van der Waals surface area contributed by atoms with Gasteiger partial charge in [0.1, 0.15) is 5.69 Å². The summed E-state index contributed by atoms with van der Waals surface area (Å²) in [6, 6.07) is -0.548. The van der Waals surface area contributed by atoms with E-state index in [1.165, 1.54) is 7.11 Å². The number of amides is 1. The van der Waals surface area contributed by atoms with Gasteiger partial charge in [-0.15, -0.1) is 0 Å². The molecule has 1 aliphatic carbocycles. The second-order valence-corrected chi connectivity index (χ2v) is 7.37. The fourth-order valence-electron chi connectivity index (χ4n) is 3.99. The van der Waals surface area contributed by atoms with E-state index in [0.29, 0.717) is 29.9 Å². The molecule has 6 heteroatoms. The number of Topliss-reactive ketones (excluding diaryl/α,β-unsaturated/α-hetero) is 1. The quantitative estimate of drug-likeness (QED) is 0.514. The van der Waals surface area contributed by atoms with Crippen molar-refractivity contribution in [3.8, 4) is 0 Å². The standard InChI is InChI=1S/C21H32N2O4/c1-7-12-23(20(25)16-10-9-11-16)15(5)19(24)17-13(3)18(21(26)27-6)22(8-2)14(17)4/h15-16H,7-12H2,1-6H3. The van der Waals surface area contributed by atoms with Crippen molar-refractivity contribution in [3.05, 3.63) is 22.5 Å². The smallest absolute Gasteiger partial charge is 0.354 e. The average Bonchev–Trinajstić information content (AvgIpc) is 2.85. The number of rotatable bonds is 8. The summed E-state index contributed by atoms with van der Waals surface area (Å²) in [6.45, 7) is 10.5. The van der Waals surface area contributed by atoms with Gasteiger partial charge in [-0.1, -0.05) is 13.3 Å². The van der Waals surface area contributed by atoms with Crippen molar-refractivity contribution in [3.63, 3.8) is 0 Å². The van der Waals surface area contributed by atoms with Gasteiger partial charge in [0.2, 0.25) is 5.91 Å². The minimum atomic E-state index is -0.548. The van der Waals surface area contributed by atoms with E-state index in [4.69, 9.17) is 4.74 Å². The number of hydrogen-bond acceptors (Lipinski definition) is 4. The van der Waals surface area contributed by atoms with Gasteiger partial charge in [0.15, 0.2) is 5.78 Å². The molecule has 1 heterocycles. The first-order valence-electron chi connectivity index (χ1n) is 9.92. The molecular formula is C21H32N2O4. The zero-order valence-electron chi connectivity index (χ0n) is 17.4. The monoisotopic (exact) mass is 376 g/mol. The van der Waals surface area contributed by atoms with Crippen LogP contribution in [0.15, 0.2) is 0 Å². The molecule has 0 bridgehead atoms. The first-order valence-corrected chi connectivity index (χ1v) is 9.92. The summed E-state index contributed by atoms with van der Waals surface area (Å²) >= 11 is 0. The Labute approximate surface area is 161 Å². The number of aromatic nitrogens is 1. The molecule has 2 rings (SSSR count). The predicted molar refractivity (Wildman–Crippen MR) is 104 cm³/mol. The topological polar surface area (TPSA) is 68.6 Å². The number of esters is 1. The fourth-order valence-corrected chi connectivity index (χ4v) is 3.99. The van der Waals surface area contributed by atoms with Crippen LogP contribution in [0.4, 0.5) is 0 Å². The predicted octanol–water partition coefficient (Wildman–Crippen LogP) is 3.52. The van der Waals surface area contributed by atoms with Crippen LogP contribution in [0.1, 0.15) is 78.6 Å². The van der Waals surface area contributed by atoms with Gasteiger partial charge in [0.25, 0.3) is 0 Å². The Balaban J connectivity index is 2.41. The molecule has 1 amide bonds. The molecule has 0 N–H and O–H groups in total. The third kappa shape index (κ3) is 3.80. The molecular weight excluding hydrogens is 344 g/mol. The first-order chi connectivity index (χ1) is 12.8. The third-order valence-electron chi connectivity index (χ3n) is 5.76. The second kappa shape index (κ2) is 8.72. The summed E-state index contributed by atoms with van der Waals surface area (Å²) in [7, 11) is 1.34. The largest absolute Gasteiger partial charge is 0.464 e. The molecule has 150 valence electrons. The maximum atomic E-state index is 13.4. The van der Waals surface area contributed by atoms with Crippen LogP contribution in [0.3, 0.4) is 0 Å². The third-order valence-corrected chi connectivity index (χ3v) is 5.76. The Kier molecular flexibility index (Phi) is 6.84. The van der Waals surface area contributed by atoms with Crippen LogP contribution in [0.25, 0.3) is 0 Å². The van der Waals surface area contributed by atoms with Gasteiger partial charge >= 0.3 is 5.97 Å². The van der Waals surface area contributed by atoms with Gasteiger partial charge in [0.05, 0.1) is 13.2 Å². The van der Waals surface area contributed by atoms with E-state index in [-0.39, 0.29) is 17.6 Å². The minimum Gasteiger partial charge on any atom is -0.464 e. The van der Waals surface area contributed by atoms with Crippen molar-refractivity contribution in [2.45, 2.75) is 72.9 Å². The van der Waals surface area contributed by atoms with Crippen LogP contribution in [-0.2, 0) is 16.1 Å². The number of carbonyl (C=O) groups excluding carboxylic acids is 3. The molecule has 1 saturated carbocycles. The Bertz CT molecular complexity index is 731. The number of ketones is 1. The number of ether oxygens (including phenoxy) is 1. The average molecular weight is 376 g/mol. The minimum absolute atomic E-state index is 0.0554. The van der Waals surface area contributed by atoms with Gasteiger partial charge in [-0.2, -0.15) is 0 Å². The van der Waals surface area contributed by atoms with Crippen molar-refractivity contribution in [2.24, 2.45) is 5.92 Å². The van der Waals surface area contributed by atoms with Crippen LogP contribution in [0.2, 0.25) is 0 Å². The number of methoxy groups -OCH3 is 1. The van der Waals surface area contributed by atoms with E-state index in [2.05, 4.69) is 0 Å². The van der Waals surface area contributed by atoms with E-state index >= 15 is 0 Å². The lowest BCUT2D eigenvalue weighted by Crippen LogP contribution is -2.47. The summed E-state index contributed by atoms with van der Waals surface area (Å²) in [5.41, 5.74) is 2.33. The second-order valence-electron chi connectivity index (χ2n) is 7.37. The van der Waals surface area contributed by atoms with E-state index in [1.807, 2.05) is 25.3 Å². The van der Waals surface area contributed by atoms with Gasteiger partial charge in [-0.25, -0.2) is 4.79 Å². The Morgan fingerprint density at radius 2 is 1.85 bits per heavy atom. The van der Waals surface area contributed by atoms with Crippen molar-refractivity contribution in [2.75, 3.05) is 13.7 Å². The molecule has 0 aromatic carbocycles. The van der Waals surface area contributed by atoms with Gasteiger partial charge < -0.3 is 14.2 Å². The van der Waals surface area contributed by atoms with E-state index < -0.39 is 12.0 Å². The highest BCUT2D eigenvalue weighted by Gasteiger charge is 2.36. The normalized spacial score (nSPS) is 15.2. The molecule has 0 radical (unpaired) electrons. The molecule has 1 atom stereocenters. The first kappa shape index (κ1) is 21.2. The summed E-state index contributed by atoms with van der Waals surface area (Å²) in [5.74, 6) is -0.411. The Hall–Kier alpha value is -2.11. The van der Waals surface area contributed by atoms with Crippen LogP contribution in [0, 0.1) is 19.8 Å². The molecule has 6 nitrogen and oxygen atoms in total. The van der Waals surface area contributed by atoms with Crippen molar-refractivity contribution in [1.82, 2.24) is 9.47 Å². The molecule has 1 aromatic rings. The van der Waals surface area contributed by atoms with Crippen LogP contribution in [-0.4, -0.2) is 46.8 Å². The summed E-state index contributed by atoms with van der Waals surface area (Å²) in [4.78, 5) is 40.2. The highest BCUT2D eigenvalue weighted by molar-refractivity contribution is 6.06. The summed E-state index contributed by atoms with van der Waals surface area (Å²) in [6.07, 6.45) is 3.71. The van der Waals surface area contributed by atoms with Crippen LogP contribution in [0.5, 0.6) is 0 Å². The zero-order chi connectivity index (χ0) is 20.3. The van der Waals surface area contributed by atoms with Gasteiger partial charge in [0, 0.05) is 30.3 Å². The number of nitrogens with zero attached hydrogens (tertiary/aromatic N) is 2. The Morgan fingerprint density at radius 3 is 2.30 bits per heavy atom. The lowest BCUT2D eigenvalue weighted by molar-refractivity contribution is -0.139. The Morgan fingerprint density at radius 1 is 1.22 bits per heavy atom.